The minimum Gasteiger partial charge on any atom is -0.456 e. The number of anilines is 1. The van der Waals surface area contributed by atoms with Crippen LogP contribution in [-0.4, -0.2) is 52.2 Å². The number of hydrogen-bond donors (Lipinski definition) is 0. The van der Waals surface area contributed by atoms with Gasteiger partial charge in [0.1, 0.15) is 28.3 Å². The van der Waals surface area contributed by atoms with Crippen LogP contribution in [0.3, 0.4) is 0 Å². The summed E-state index contributed by atoms with van der Waals surface area (Å²) in [5, 5.41) is 0.978. The van der Waals surface area contributed by atoms with Gasteiger partial charge in [0.05, 0.1) is 6.20 Å². The fourth-order valence-electron chi connectivity index (χ4n) is 6.67. The number of carbonyl (C=O) groups is 1. The van der Waals surface area contributed by atoms with Gasteiger partial charge in [0.2, 0.25) is 0 Å². The Morgan fingerprint density at radius 2 is 1.80 bits per heavy atom. The van der Waals surface area contributed by atoms with Crippen molar-refractivity contribution >= 4 is 28.3 Å². The lowest BCUT2D eigenvalue weighted by atomic mass is 9.91. The number of pyridine rings is 1. The van der Waals surface area contributed by atoms with Crippen molar-refractivity contribution in [3.8, 4) is 11.5 Å². The average molecular weight is 593 g/mol. The molecule has 0 amide bonds. The summed E-state index contributed by atoms with van der Waals surface area (Å²) in [6.07, 6.45) is 8.47. The molecule has 2 aromatic heterocycles. The van der Waals surface area contributed by atoms with Crippen molar-refractivity contribution in [2.45, 2.75) is 65.0 Å². The van der Waals surface area contributed by atoms with Crippen LogP contribution in [0.15, 0.2) is 67.5 Å². The smallest absolute Gasteiger partial charge is 0.342 e. The number of nitrogens with zero attached hydrogens (tertiary/aromatic N) is 4. The third-order valence-corrected chi connectivity index (χ3v) is 8.80. The van der Waals surface area contributed by atoms with Crippen LogP contribution in [0, 0.1) is 0 Å². The normalized spacial score (nSPS) is 17.7. The molecule has 1 unspecified atom stereocenters. The second kappa shape index (κ2) is 12.1. The minimum absolute atomic E-state index is 0.402. The quantitative estimate of drug-likeness (QED) is 0.167. The summed E-state index contributed by atoms with van der Waals surface area (Å²) in [6, 6.07) is 17.0. The van der Waals surface area contributed by atoms with Crippen LogP contribution in [-0.2, 0) is 18.2 Å². The van der Waals surface area contributed by atoms with E-state index < -0.39 is 11.6 Å². The van der Waals surface area contributed by atoms with Crippen LogP contribution in [0.4, 0.5) is 5.69 Å². The Bertz CT molecular complexity index is 1690. The number of piperazine rings is 1. The van der Waals surface area contributed by atoms with Crippen LogP contribution >= 0.6 is 0 Å². The first-order valence-corrected chi connectivity index (χ1v) is 15.8. The van der Waals surface area contributed by atoms with E-state index in [2.05, 4.69) is 46.5 Å². The van der Waals surface area contributed by atoms with E-state index in [-0.39, 0.29) is 0 Å². The van der Waals surface area contributed by atoms with E-state index in [1.54, 1.807) is 6.20 Å². The number of hydrogen-bond acceptors (Lipinski definition) is 6. The molecular formula is C37H44N4O3. The first kappa shape index (κ1) is 29.9. The van der Waals surface area contributed by atoms with Crippen molar-refractivity contribution < 1.29 is 14.3 Å². The first-order valence-electron chi connectivity index (χ1n) is 15.8. The maximum Gasteiger partial charge on any atom is 0.342 e. The Morgan fingerprint density at radius 3 is 2.55 bits per heavy atom. The van der Waals surface area contributed by atoms with Gasteiger partial charge in [-0.1, -0.05) is 36.8 Å². The molecule has 6 rings (SSSR count). The molecule has 7 heteroatoms. The SMILES string of the molecule is C=C(C)c1cccc2c1CCCCC2N1CCN(c2ccc(C(=O)OC(C)(C)C)c(Oc3cnc4c(ccn4C)c3)c2)CC1. The number of aromatic nitrogens is 2. The number of benzene rings is 2. The summed E-state index contributed by atoms with van der Waals surface area (Å²) in [5.41, 5.74) is 7.15. The molecule has 4 aromatic rings. The van der Waals surface area contributed by atoms with Crippen molar-refractivity contribution in [1.82, 2.24) is 14.5 Å². The molecule has 230 valence electrons. The van der Waals surface area contributed by atoms with Crippen molar-refractivity contribution in [1.29, 1.82) is 0 Å². The highest BCUT2D eigenvalue weighted by atomic mass is 16.6. The lowest BCUT2D eigenvalue weighted by Gasteiger charge is -2.41. The molecule has 1 saturated heterocycles. The number of carbonyl (C=O) groups excluding carboxylic acids is 1. The Kier molecular flexibility index (Phi) is 8.25. The van der Waals surface area contributed by atoms with Gasteiger partial charge in [-0.2, -0.15) is 0 Å². The zero-order valence-corrected chi connectivity index (χ0v) is 26.7. The maximum atomic E-state index is 13.2. The second-order valence-corrected chi connectivity index (χ2v) is 13.2. The van der Waals surface area contributed by atoms with E-state index in [0.717, 1.165) is 54.9 Å². The van der Waals surface area contributed by atoms with Gasteiger partial charge in [-0.25, -0.2) is 9.78 Å². The van der Waals surface area contributed by atoms with E-state index >= 15 is 0 Å². The molecule has 1 atom stereocenters. The summed E-state index contributed by atoms with van der Waals surface area (Å²) in [7, 11) is 1.97. The zero-order valence-electron chi connectivity index (χ0n) is 26.7. The molecule has 0 N–H and O–H groups in total. The van der Waals surface area contributed by atoms with E-state index in [1.807, 2.05) is 68.9 Å². The molecular weight excluding hydrogens is 548 g/mol. The van der Waals surface area contributed by atoms with E-state index in [0.29, 0.717) is 23.1 Å². The number of allylic oxidation sites excluding steroid dienone is 1. The Hall–Kier alpha value is -4.10. The Balaban J connectivity index is 1.24. The van der Waals surface area contributed by atoms with Gasteiger partial charge in [-0.3, -0.25) is 4.90 Å². The maximum absolute atomic E-state index is 13.2. The van der Waals surface area contributed by atoms with Gasteiger partial charge in [-0.15, -0.1) is 0 Å². The third kappa shape index (κ3) is 6.25. The molecule has 2 aliphatic rings. The summed E-state index contributed by atoms with van der Waals surface area (Å²) >= 11 is 0. The molecule has 1 aliphatic heterocycles. The molecule has 0 radical (unpaired) electrons. The number of fused-ring (bicyclic) bond motifs is 2. The van der Waals surface area contributed by atoms with Gasteiger partial charge in [0, 0.05) is 62.6 Å². The predicted molar refractivity (Wildman–Crippen MR) is 178 cm³/mol. The van der Waals surface area contributed by atoms with Gasteiger partial charge < -0.3 is 18.9 Å². The monoisotopic (exact) mass is 592 g/mol. The second-order valence-electron chi connectivity index (χ2n) is 13.2. The van der Waals surface area contributed by atoms with E-state index in [1.165, 1.54) is 36.0 Å². The molecule has 1 fully saturated rings. The van der Waals surface area contributed by atoms with Crippen LogP contribution in [0.25, 0.3) is 16.6 Å². The van der Waals surface area contributed by atoms with Crippen LogP contribution in [0.5, 0.6) is 11.5 Å². The topological polar surface area (TPSA) is 59.8 Å². The highest BCUT2D eigenvalue weighted by Gasteiger charge is 2.30. The lowest BCUT2D eigenvalue weighted by Crippen LogP contribution is -2.47. The van der Waals surface area contributed by atoms with Crippen molar-refractivity contribution in [2.24, 2.45) is 7.05 Å². The summed E-state index contributed by atoms with van der Waals surface area (Å²) < 4.78 is 14.1. The van der Waals surface area contributed by atoms with Gasteiger partial charge in [0.15, 0.2) is 0 Å². The molecule has 44 heavy (non-hydrogen) atoms. The fraction of sp³-hybridized carbons (Fsp3) is 0.405. The molecule has 3 heterocycles. The molecule has 0 spiro atoms. The third-order valence-electron chi connectivity index (χ3n) is 8.80. The molecule has 7 nitrogen and oxygen atoms in total. The van der Waals surface area contributed by atoms with Gasteiger partial charge in [0.25, 0.3) is 0 Å². The van der Waals surface area contributed by atoms with Gasteiger partial charge >= 0.3 is 5.97 Å². The van der Waals surface area contributed by atoms with Crippen LogP contribution < -0.4 is 9.64 Å². The van der Waals surface area contributed by atoms with Crippen molar-refractivity contribution in [3.05, 3.63) is 89.8 Å². The summed E-state index contributed by atoms with van der Waals surface area (Å²) in [5.74, 6) is 0.650. The number of ether oxygens (including phenoxy) is 2. The largest absolute Gasteiger partial charge is 0.456 e. The van der Waals surface area contributed by atoms with Crippen LogP contribution in [0.1, 0.15) is 80.0 Å². The predicted octanol–water partition coefficient (Wildman–Crippen LogP) is 7.94. The Labute approximate surface area is 261 Å². The molecule has 0 saturated carbocycles. The van der Waals surface area contributed by atoms with Crippen molar-refractivity contribution in [3.63, 3.8) is 0 Å². The zero-order chi connectivity index (χ0) is 31.0. The highest BCUT2D eigenvalue weighted by Crippen LogP contribution is 2.38. The van der Waals surface area contributed by atoms with E-state index in [9.17, 15) is 4.79 Å². The van der Waals surface area contributed by atoms with E-state index in [4.69, 9.17) is 9.47 Å². The minimum atomic E-state index is -0.615. The van der Waals surface area contributed by atoms with Gasteiger partial charge in [-0.05, 0) is 87.9 Å². The average Bonchev–Trinajstić information content (AvgIpc) is 3.21. The first-order chi connectivity index (χ1) is 21.1. The summed E-state index contributed by atoms with van der Waals surface area (Å²) in [6.45, 7) is 15.7. The molecule has 0 bridgehead atoms. The molecule has 1 aliphatic carbocycles. The van der Waals surface area contributed by atoms with Crippen molar-refractivity contribution in [2.75, 3.05) is 31.1 Å². The molecule has 2 aromatic carbocycles. The van der Waals surface area contributed by atoms with Crippen LogP contribution in [0.2, 0.25) is 0 Å². The number of esters is 1. The number of rotatable bonds is 6. The standard InChI is InChI=1S/C37H44N4O3/c1-25(2)29-11-9-12-31-30(29)10-7-8-13-33(31)41-20-18-40(19-21-41)27-14-15-32(36(42)44-37(3,4)5)34(23-27)43-28-22-26-16-17-39(6)35(26)38-24-28/h9,11-12,14-17,22-24,33H,1,7-8,10,13,18-21H2,2-6H3. The fourth-order valence-corrected chi connectivity index (χ4v) is 6.67. The summed E-state index contributed by atoms with van der Waals surface area (Å²) in [4.78, 5) is 22.9. The highest BCUT2D eigenvalue weighted by molar-refractivity contribution is 5.93. The number of aryl methyl sites for hydroxylation is 1. The lowest BCUT2D eigenvalue weighted by molar-refractivity contribution is 0.00672. The Morgan fingerprint density at radius 1 is 1.00 bits per heavy atom.